The van der Waals surface area contributed by atoms with Crippen LogP contribution in [0, 0.1) is 0 Å². The van der Waals surface area contributed by atoms with Crippen molar-refractivity contribution in [3.8, 4) is 5.75 Å². The van der Waals surface area contributed by atoms with Gasteiger partial charge in [0.25, 0.3) is 0 Å². The summed E-state index contributed by atoms with van der Waals surface area (Å²) in [6.07, 6.45) is 1.56. The lowest BCUT2D eigenvalue weighted by Gasteiger charge is -2.13. The van der Waals surface area contributed by atoms with E-state index >= 15 is 0 Å². The lowest BCUT2D eigenvalue weighted by atomic mass is 10.1. The second kappa shape index (κ2) is 6.51. The van der Waals surface area contributed by atoms with Crippen molar-refractivity contribution in [1.82, 2.24) is 0 Å². The maximum absolute atomic E-state index is 10.5. The van der Waals surface area contributed by atoms with Crippen LogP contribution >= 0.6 is 11.8 Å². The molecule has 0 unspecified atom stereocenters. The van der Waals surface area contributed by atoms with Crippen molar-refractivity contribution in [3.63, 3.8) is 0 Å². The molecule has 0 radical (unpaired) electrons. The average Bonchev–Trinajstić information content (AvgIpc) is 2.29. The van der Waals surface area contributed by atoms with Crippen LogP contribution < -0.4 is 4.74 Å². The van der Waals surface area contributed by atoms with E-state index in [-0.39, 0.29) is 5.25 Å². The Morgan fingerprint density at radius 1 is 1.40 bits per heavy atom. The molecule has 0 aliphatic carbocycles. The van der Waals surface area contributed by atoms with Crippen LogP contribution in [0.15, 0.2) is 24.3 Å². The van der Waals surface area contributed by atoms with Crippen molar-refractivity contribution >= 4 is 18.0 Å². The van der Waals surface area contributed by atoms with Crippen molar-refractivity contribution < 1.29 is 9.53 Å². The number of thioether (sulfide) groups is 1. The van der Waals surface area contributed by atoms with Crippen molar-refractivity contribution in [2.75, 3.05) is 12.9 Å². The van der Waals surface area contributed by atoms with Crippen molar-refractivity contribution in [2.45, 2.75) is 18.6 Å². The number of hydrogen-bond acceptors (Lipinski definition) is 3. The molecule has 1 atom stereocenters. The highest BCUT2D eigenvalue weighted by Crippen LogP contribution is 2.31. The van der Waals surface area contributed by atoms with Gasteiger partial charge < -0.3 is 9.53 Å². The van der Waals surface area contributed by atoms with Gasteiger partial charge in [0.05, 0.1) is 7.11 Å². The zero-order valence-corrected chi connectivity index (χ0v) is 9.92. The zero-order chi connectivity index (χ0) is 11.1. The van der Waals surface area contributed by atoms with E-state index in [1.807, 2.05) is 24.3 Å². The molecule has 82 valence electrons. The number of methoxy groups -OCH3 is 1. The van der Waals surface area contributed by atoms with Crippen LogP contribution in [0.4, 0.5) is 0 Å². The molecule has 15 heavy (non-hydrogen) atoms. The van der Waals surface area contributed by atoms with Crippen molar-refractivity contribution in [1.29, 1.82) is 0 Å². The Hall–Kier alpha value is -0.960. The predicted molar refractivity (Wildman–Crippen MR) is 64.5 cm³/mol. The molecule has 0 N–H and O–H groups in total. The lowest BCUT2D eigenvalue weighted by molar-refractivity contribution is -0.107. The van der Waals surface area contributed by atoms with Crippen LogP contribution in [-0.4, -0.2) is 19.1 Å². The van der Waals surface area contributed by atoms with Gasteiger partial charge in [-0.25, -0.2) is 0 Å². The SMILES string of the molecule is CCS[C@H](CC=O)c1ccc(OC)cc1. The molecule has 1 rings (SSSR count). The van der Waals surface area contributed by atoms with Gasteiger partial charge in [-0.3, -0.25) is 0 Å². The van der Waals surface area contributed by atoms with Crippen LogP contribution in [0.5, 0.6) is 5.75 Å². The van der Waals surface area contributed by atoms with E-state index < -0.39 is 0 Å². The Morgan fingerprint density at radius 2 is 2.07 bits per heavy atom. The molecule has 2 nitrogen and oxygen atoms in total. The Labute approximate surface area is 95.0 Å². The molecule has 0 spiro atoms. The number of carbonyl (C=O) groups is 1. The number of hydrogen-bond donors (Lipinski definition) is 0. The quantitative estimate of drug-likeness (QED) is 0.695. The Balaban J connectivity index is 2.76. The first-order chi connectivity index (χ1) is 7.31. The molecular weight excluding hydrogens is 208 g/mol. The highest BCUT2D eigenvalue weighted by Gasteiger charge is 2.10. The van der Waals surface area contributed by atoms with Gasteiger partial charge in [-0.05, 0) is 23.4 Å². The van der Waals surface area contributed by atoms with Crippen LogP contribution in [-0.2, 0) is 4.79 Å². The van der Waals surface area contributed by atoms with Gasteiger partial charge in [0.2, 0.25) is 0 Å². The van der Waals surface area contributed by atoms with E-state index in [1.54, 1.807) is 18.9 Å². The number of benzene rings is 1. The van der Waals surface area contributed by atoms with Crippen LogP contribution in [0.2, 0.25) is 0 Å². The van der Waals surface area contributed by atoms with Crippen LogP contribution in [0.1, 0.15) is 24.2 Å². The minimum atomic E-state index is 0.276. The standard InChI is InChI=1S/C12H16O2S/c1-3-15-12(8-9-13)10-4-6-11(14-2)7-5-10/h4-7,9,12H,3,8H2,1-2H3/t12-/m1/s1. The molecule has 0 aliphatic heterocycles. The third-order valence-corrected chi connectivity index (χ3v) is 3.37. The maximum Gasteiger partial charge on any atom is 0.121 e. The van der Waals surface area contributed by atoms with Crippen molar-refractivity contribution in [2.24, 2.45) is 0 Å². The van der Waals surface area contributed by atoms with E-state index in [1.165, 1.54) is 5.56 Å². The van der Waals surface area contributed by atoms with Crippen LogP contribution in [0.25, 0.3) is 0 Å². The normalized spacial score (nSPS) is 12.1. The molecule has 1 aromatic carbocycles. The first-order valence-corrected chi connectivity index (χ1v) is 6.05. The highest BCUT2D eigenvalue weighted by molar-refractivity contribution is 7.99. The molecule has 0 saturated carbocycles. The summed E-state index contributed by atoms with van der Waals surface area (Å²) in [7, 11) is 1.65. The Morgan fingerprint density at radius 3 is 2.53 bits per heavy atom. The maximum atomic E-state index is 10.5. The third kappa shape index (κ3) is 3.59. The number of aldehydes is 1. The van der Waals surface area contributed by atoms with E-state index in [9.17, 15) is 4.79 Å². The fourth-order valence-electron chi connectivity index (χ4n) is 1.41. The summed E-state index contributed by atoms with van der Waals surface area (Å²) in [5, 5.41) is 0.276. The molecule has 0 aliphatic rings. The minimum absolute atomic E-state index is 0.276. The van der Waals surface area contributed by atoms with E-state index in [0.29, 0.717) is 6.42 Å². The summed E-state index contributed by atoms with van der Waals surface area (Å²) in [6, 6.07) is 7.91. The summed E-state index contributed by atoms with van der Waals surface area (Å²) in [5.41, 5.74) is 1.19. The fourth-order valence-corrected chi connectivity index (χ4v) is 2.37. The molecule has 3 heteroatoms. The van der Waals surface area contributed by atoms with Crippen molar-refractivity contribution in [3.05, 3.63) is 29.8 Å². The molecule has 0 saturated heterocycles. The first-order valence-electron chi connectivity index (χ1n) is 5.01. The number of rotatable bonds is 6. The van der Waals surface area contributed by atoms with E-state index in [0.717, 1.165) is 17.8 Å². The molecule has 0 amide bonds. The van der Waals surface area contributed by atoms with E-state index in [2.05, 4.69) is 6.92 Å². The van der Waals surface area contributed by atoms with Gasteiger partial charge in [0.15, 0.2) is 0 Å². The van der Waals surface area contributed by atoms with Gasteiger partial charge in [0, 0.05) is 11.7 Å². The Bertz CT molecular complexity index is 295. The third-order valence-electron chi connectivity index (χ3n) is 2.17. The lowest BCUT2D eigenvalue weighted by Crippen LogP contribution is -1.96. The zero-order valence-electron chi connectivity index (χ0n) is 9.10. The average molecular weight is 224 g/mol. The van der Waals surface area contributed by atoms with Gasteiger partial charge in [0.1, 0.15) is 12.0 Å². The topological polar surface area (TPSA) is 26.3 Å². The first kappa shape index (κ1) is 12.1. The highest BCUT2D eigenvalue weighted by atomic mass is 32.2. The fraction of sp³-hybridized carbons (Fsp3) is 0.417. The largest absolute Gasteiger partial charge is 0.497 e. The molecular formula is C12H16O2S. The monoisotopic (exact) mass is 224 g/mol. The Kier molecular flexibility index (Phi) is 5.26. The molecule has 1 aromatic rings. The summed E-state index contributed by atoms with van der Waals surface area (Å²) >= 11 is 1.80. The summed E-state index contributed by atoms with van der Waals surface area (Å²) < 4.78 is 5.09. The minimum Gasteiger partial charge on any atom is -0.497 e. The van der Waals surface area contributed by atoms with E-state index in [4.69, 9.17) is 4.74 Å². The number of ether oxygens (including phenoxy) is 1. The molecule has 0 bridgehead atoms. The smallest absolute Gasteiger partial charge is 0.121 e. The van der Waals surface area contributed by atoms with Gasteiger partial charge in [-0.15, -0.1) is 0 Å². The van der Waals surface area contributed by atoms with Gasteiger partial charge in [-0.1, -0.05) is 19.1 Å². The molecule has 0 heterocycles. The summed E-state index contributed by atoms with van der Waals surface area (Å²) in [6.45, 7) is 2.10. The molecule has 0 fully saturated rings. The predicted octanol–water partition coefficient (Wildman–Crippen LogP) is 3.08. The second-order valence-electron chi connectivity index (χ2n) is 3.12. The van der Waals surface area contributed by atoms with Gasteiger partial charge in [-0.2, -0.15) is 11.8 Å². The van der Waals surface area contributed by atoms with Crippen LogP contribution in [0.3, 0.4) is 0 Å². The molecule has 0 aromatic heterocycles. The summed E-state index contributed by atoms with van der Waals surface area (Å²) in [5.74, 6) is 1.87. The summed E-state index contributed by atoms with van der Waals surface area (Å²) in [4.78, 5) is 10.5. The second-order valence-corrected chi connectivity index (χ2v) is 4.60. The number of carbonyl (C=O) groups excluding carboxylic acids is 1. The van der Waals surface area contributed by atoms with Gasteiger partial charge >= 0.3 is 0 Å².